The van der Waals surface area contributed by atoms with Crippen LogP contribution in [-0.2, 0) is 0 Å². The number of phenolic OH excluding ortho intramolecular Hbond substituents is 1. The monoisotopic (exact) mass is 456 g/mol. The van der Waals surface area contributed by atoms with E-state index in [1.165, 1.54) is 6.07 Å². The first-order valence-electron chi connectivity index (χ1n) is 10.8. The molecule has 0 spiro atoms. The number of halogens is 1. The van der Waals surface area contributed by atoms with Gasteiger partial charge in [-0.3, -0.25) is 4.68 Å². The highest BCUT2D eigenvalue weighted by molar-refractivity contribution is 6.31. The van der Waals surface area contributed by atoms with E-state index in [4.69, 9.17) is 16.7 Å². The first-order valence-corrected chi connectivity index (χ1v) is 11.1. The quantitative estimate of drug-likeness (QED) is 0.518. The molecule has 9 heteroatoms. The van der Waals surface area contributed by atoms with Crippen LogP contribution in [0, 0.1) is 0 Å². The smallest absolute Gasteiger partial charge is 0.223 e. The molecule has 1 aromatic carbocycles. The summed E-state index contributed by atoms with van der Waals surface area (Å²) in [5, 5.41) is 28.5. The number of aromatic nitrogens is 4. The lowest BCUT2D eigenvalue weighted by molar-refractivity contribution is 0.0943. The Labute approximate surface area is 192 Å². The first kappa shape index (κ1) is 22.5. The highest BCUT2D eigenvalue weighted by Gasteiger charge is 2.23. The molecule has 32 heavy (non-hydrogen) atoms. The van der Waals surface area contributed by atoms with Crippen LogP contribution in [0.25, 0.3) is 22.5 Å². The van der Waals surface area contributed by atoms with Crippen molar-refractivity contribution in [1.29, 1.82) is 0 Å². The second-order valence-electron chi connectivity index (χ2n) is 9.04. The SMILES string of the molecule is CN1CCC(n2cc(-c3ccnc(NCC(C)(C)O)n3)c(-c3cc(O)cc(Cl)c3)n2)CC1. The van der Waals surface area contributed by atoms with E-state index < -0.39 is 5.60 Å². The van der Waals surface area contributed by atoms with Gasteiger partial charge in [0.25, 0.3) is 0 Å². The number of nitrogens with one attached hydrogen (secondary N) is 1. The van der Waals surface area contributed by atoms with Crippen molar-refractivity contribution in [3.8, 4) is 28.3 Å². The molecule has 1 saturated heterocycles. The van der Waals surface area contributed by atoms with Gasteiger partial charge in [-0.25, -0.2) is 9.97 Å². The molecule has 170 valence electrons. The summed E-state index contributed by atoms with van der Waals surface area (Å²) in [6.45, 7) is 5.80. The minimum absolute atomic E-state index is 0.0857. The number of rotatable bonds is 6. The third-order valence-corrected chi connectivity index (χ3v) is 5.78. The third-order valence-electron chi connectivity index (χ3n) is 5.56. The first-order chi connectivity index (χ1) is 15.2. The molecule has 0 atom stereocenters. The van der Waals surface area contributed by atoms with Crippen LogP contribution in [-0.4, -0.2) is 67.1 Å². The van der Waals surface area contributed by atoms with Gasteiger partial charge in [0.05, 0.1) is 17.3 Å². The van der Waals surface area contributed by atoms with E-state index in [-0.39, 0.29) is 5.75 Å². The highest BCUT2D eigenvalue weighted by atomic mass is 35.5. The fourth-order valence-electron chi connectivity index (χ4n) is 3.84. The van der Waals surface area contributed by atoms with Crippen molar-refractivity contribution in [3.63, 3.8) is 0 Å². The largest absolute Gasteiger partial charge is 0.508 e. The molecule has 1 aliphatic rings. The Morgan fingerprint density at radius 2 is 1.97 bits per heavy atom. The zero-order valence-corrected chi connectivity index (χ0v) is 19.3. The lowest BCUT2D eigenvalue weighted by Gasteiger charge is -2.29. The fraction of sp³-hybridized carbons (Fsp3) is 0.435. The van der Waals surface area contributed by atoms with Gasteiger partial charge in [0.15, 0.2) is 0 Å². The lowest BCUT2D eigenvalue weighted by Crippen LogP contribution is -2.31. The summed E-state index contributed by atoms with van der Waals surface area (Å²) in [5.74, 6) is 0.513. The number of anilines is 1. The Bertz CT molecular complexity index is 1070. The van der Waals surface area contributed by atoms with Crippen LogP contribution < -0.4 is 5.32 Å². The van der Waals surface area contributed by atoms with Crippen LogP contribution in [0.15, 0.2) is 36.7 Å². The van der Waals surface area contributed by atoms with E-state index in [0.29, 0.717) is 34.9 Å². The molecular weight excluding hydrogens is 428 g/mol. The molecule has 3 aromatic rings. The zero-order chi connectivity index (χ0) is 22.9. The fourth-order valence-corrected chi connectivity index (χ4v) is 4.07. The van der Waals surface area contributed by atoms with Crippen molar-refractivity contribution in [1.82, 2.24) is 24.6 Å². The number of aliphatic hydroxyl groups is 1. The molecule has 0 aliphatic carbocycles. The lowest BCUT2D eigenvalue weighted by atomic mass is 10.0. The number of piperidine rings is 1. The van der Waals surface area contributed by atoms with Crippen molar-refractivity contribution in [2.45, 2.75) is 38.3 Å². The van der Waals surface area contributed by atoms with Crippen LogP contribution in [0.5, 0.6) is 5.75 Å². The number of nitrogens with zero attached hydrogens (tertiary/aromatic N) is 5. The Kier molecular flexibility index (Phi) is 6.37. The van der Waals surface area contributed by atoms with Crippen LogP contribution in [0.2, 0.25) is 5.02 Å². The number of likely N-dealkylation sites (tertiary alicyclic amines) is 1. The third kappa shape index (κ3) is 5.38. The summed E-state index contributed by atoms with van der Waals surface area (Å²) in [7, 11) is 2.13. The van der Waals surface area contributed by atoms with Crippen LogP contribution in [0.3, 0.4) is 0 Å². The van der Waals surface area contributed by atoms with Crippen LogP contribution >= 0.6 is 11.6 Å². The Morgan fingerprint density at radius 3 is 2.66 bits per heavy atom. The molecule has 1 aliphatic heterocycles. The van der Waals surface area contributed by atoms with Crippen LogP contribution in [0.4, 0.5) is 5.95 Å². The number of benzene rings is 1. The maximum Gasteiger partial charge on any atom is 0.223 e. The second-order valence-corrected chi connectivity index (χ2v) is 9.47. The van der Waals surface area contributed by atoms with Gasteiger partial charge in [-0.1, -0.05) is 11.6 Å². The van der Waals surface area contributed by atoms with Crippen molar-refractivity contribution >= 4 is 17.5 Å². The van der Waals surface area contributed by atoms with Gasteiger partial charge < -0.3 is 20.4 Å². The summed E-state index contributed by atoms with van der Waals surface area (Å²) in [5.41, 5.74) is 2.07. The topological polar surface area (TPSA) is 99.3 Å². The predicted octanol–water partition coefficient (Wildman–Crippen LogP) is 3.82. The van der Waals surface area contributed by atoms with Crippen molar-refractivity contribution in [2.24, 2.45) is 0 Å². The summed E-state index contributed by atoms with van der Waals surface area (Å²) in [6, 6.07) is 7.08. The molecule has 8 nitrogen and oxygen atoms in total. The average Bonchev–Trinajstić information content (AvgIpc) is 3.17. The van der Waals surface area contributed by atoms with Gasteiger partial charge in [0.2, 0.25) is 5.95 Å². The molecule has 1 fully saturated rings. The normalized spacial score (nSPS) is 15.8. The average molecular weight is 457 g/mol. The van der Waals surface area contributed by atoms with E-state index in [0.717, 1.165) is 37.1 Å². The number of phenols is 1. The summed E-state index contributed by atoms with van der Waals surface area (Å²) in [6.07, 6.45) is 5.73. The minimum Gasteiger partial charge on any atom is -0.508 e. The zero-order valence-electron chi connectivity index (χ0n) is 18.6. The van der Waals surface area contributed by atoms with Gasteiger partial charge in [-0.2, -0.15) is 5.10 Å². The Hall–Kier alpha value is -2.68. The molecule has 2 aromatic heterocycles. The minimum atomic E-state index is -0.887. The Morgan fingerprint density at radius 1 is 1.22 bits per heavy atom. The van der Waals surface area contributed by atoms with E-state index >= 15 is 0 Å². The van der Waals surface area contributed by atoms with Crippen molar-refractivity contribution in [3.05, 3.63) is 41.7 Å². The van der Waals surface area contributed by atoms with Crippen molar-refractivity contribution < 1.29 is 10.2 Å². The molecule has 4 rings (SSSR count). The molecule has 0 unspecified atom stereocenters. The van der Waals surface area contributed by atoms with Gasteiger partial charge in [-0.15, -0.1) is 0 Å². The highest BCUT2D eigenvalue weighted by Crippen LogP contribution is 2.35. The number of hydrogen-bond donors (Lipinski definition) is 3. The van der Waals surface area contributed by atoms with E-state index in [2.05, 4.69) is 27.2 Å². The molecule has 3 N–H and O–H groups in total. The predicted molar refractivity (Wildman–Crippen MR) is 126 cm³/mol. The summed E-state index contributed by atoms with van der Waals surface area (Å²) >= 11 is 6.22. The summed E-state index contributed by atoms with van der Waals surface area (Å²) in [4.78, 5) is 11.3. The summed E-state index contributed by atoms with van der Waals surface area (Å²) < 4.78 is 2.02. The van der Waals surface area contributed by atoms with Gasteiger partial charge in [0.1, 0.15) is 11.4 Å². The molecule has 3 heterocycles. The number of hydrogen-bond acceptors (Lipinski definition) is 7. The maximum absolute atomic E-state index is 10.1. The van der Waals surface area contributed by atoms with Crippen molar-refractivity contribution in [2.75, 3.05) is 32.0 Å². The number of aromatic hydroxyl groups is 1. The second kappa shape index (κ2) is 9.05. The molecule has 0 radical (unpaired) electrons. The van der Waals surface area contributed by atoms with E-state index in [9.17, 15) is 10.2 Å². The van der Waals surface area contributed by atoms with E-state index in [1.807, 2.05) is 16.9 Å². The molecule has 0 saturated carbocycles. The van der Waals surface area contributed by atoms with E-state index in [1.54, 1.807) is 32.2 Å². The van der Waals surface area contributed by atoms with Gasteiger partial charge in [-0.05, 0) is 71.1 Å². The molecular formula is C23H29ClN6O2. The standard InChI is InChI=1S/C23H29ClN6O2/c1-23(2,32)14-26-22-25-7-4-20(27-22)19-13-30(17-5-8-29(3)9-6-17)28-21(19)15-10-16(24)12-18(31)11-15/h4,7,10-13,17,31-32H,5-6,8-9,14H2,1-3H3,(H,25,26,27). The Balaban J connectivity index is 1.74. The molecule has 0 amide bonds. The van der Waals surface area contributed by atoms with Crippen LogP contribution in [0.1, 0.15) is 32.7 Å². The van der Waals surface area contributed by atoms with Gasteiger partial charge in [0, 0.05) is 35.1 Å². The molecule has 0 bridgehead atoms. The maximum atomic E-state index is 10.1. The van der Waals surface area contributed by atoms with Gasteiger partial charge >= 0.3 is 0 Å².